The molecule has 3 nitrogen and oxygen atoms in total. The number of halogens is 1. The van der Waals surface area contributed by atoms with Crippen molar-refractivity contribution in [1.82, 2.24) is 9.88 Å². The lowest BCUT2D eigenvalue weighted by Gasteiger charge is -2.20. The lowest BCUT2D eigenvalue weighted by molar-refractivity contribution is -0.130. The topological polar surface area (TPSA) is 33.2 Å². The van der Waals surface area contributed by atoms with E-state index < -0.39 is 0 Å². The van der Waals surface area contributed by atoms with Crippen LogP contribution in [0.15, 0.2) is 34.1 Å². The summed E-state index contributed by atoms with van der Waals surface area (Å²) in [4.78, 5) is 18.9. The van der Waals surface area contributed by atoms with Crippen molar-refractivity contribution in [1.29, 1.82) is 0 Å². The van der Waals surface area contributed by atoms with Gasteiger partial charge < -0.3 is 4.90 Å². The Hall–Kier alpha value is -1.20. The zero-order valence-corrected chi connectivity index (χ0v) is 15.4. The number of nitrogens with zero attached hydrogens (tertiary/aromatic N) is 2. The van der Waals surface area contributed by atoms with E-state index in [4.69, 9.17) is 0 Å². The predicted molar refractivity (Wildman–Crippen MR) is 96.1 cm³/mol. The highest BCUT2D eigenvalue weighted by molar-refractivity contribution is 9.10. The fraction of sp³-hybridized carbons (Fsp3) is 0.412. The van der Waals surface area contributed by atoms with E-state index in [1.807, 2.05) is 41.5 Å². The molecule has 0 aliphatic heterocycles. The number of thiazole rings is 1. The second-order valence-electron chi connectivity index (χ2n) is 5.16. The minimum atomic E-state index is 0.169. The number of rotatable bonds is 7. The second-order valence-corrected chi connectivity index (χ2v) is 6.93. The highest BCUT2D eigenvalue weighted by Crippen LogP contribution is 2.26. The lowest BCUT2D eigenvalue weighted by Crippen LogP contribution is -2.33. The Morgan fingerprint density at radius 2 is 2.18 bits per heavy atom. The Bertz CT molecular complexity index is 627. The van der Waals surface area contributed by atoms with Crippen molar-refractivity contribution >= 4 is 33.2 Å². The SMILES string of the molecule is CCCCN(CC)C(=O)Cc1csc(-c2cccc(Br)c2)n1. The maximum atomic E-state index is 12.3. The molecule has 2 rings (SSSR count). The zero-order chi connectivity index (χ0) is 15.9. The molecule has 0 aliphatic rings. The molecule has 0 bridgehead atoms. The molecule has 0 spiro atoms. The van der Waals surface area contributed by atoms with Crippen molar-refractivity contribution < 1.29 is 4.79 Å². The predicted octanol–water partition coefficient (Wildman–Crippen LogP) is 4.76. The Morgan fingerprint density at radius 1 is 1.36 bits per heavy atom. The van der Waals surface area contributed by atoms with Gasteiger partial charge in [-0.3, -0.25) is 4.79 Å². The molecule has 0 aliphatic carbocycles. The first kappa shape index (κ1) is 17.2. The quantitative estimate of drug-likeness (QED) is 0.693. The standard InChI is InChI=1S/C17H21BrN2OS/c1-3-5-9-20(4-2)16(21)11-15-12-22-17(19-15)13-7-6-8-14(18)10-13/h6-8,10,12H,3-5,9,11H2,1-2H3. The van der Waals surface area contributed by atoms with Crippen LogP contribution in [-0.4, -0.2) is 28.9 Å². The van der Waals surface area contributed by atoms with Gasteiger partial charge in [-0.15, -0.1) is 11.3 Å². The van der Waals surface area contributed by atoms with Gasteiger partial charge in [-0.05, 0) is 25.5 Å². The molecular weight excluding hydrogens is 360 g/mol. The Labute approximate surface area is 144 Å². The third-order valence-corrected chi connectivity index (χ3v) is 4.91. The summed E-state index contributed by atoms with van der Waals surface area (Å²) in [5, 5.41) is 2.95. The van der Waals surface area contributed by atoms with Crippen molar-refractivity contribution in [3.05, 3.63) is 39.8 Å². The summed E-state index contributed by atoms with van der Waals surface area (Å²) in [6.07, 6.45) is 2.55. The van der Waals surface area contributed by atoms with Crippen molar-refractivity contribution in [2.45, 2.75) is 33.1 Å². The second kappa shape index (κ2) is 8.44. The monoisotopic (exact) mass is 380 g/mol. The van der Waals surface area contributed by atoms with Crippen molar-refractivity contribution in [3.63, 3.8) is 0 Å². The van der Waals surface area contributed by atoms with Gasteiger partial charge in [0.2, 0.25) is 5.91 Å². The van der Waals surface area contributed by atoms with Crippen molar-refractivity contribution in [2.24, 2.45) is 0 Å². The number of hydrogen-bond donors (Lipinski definition) is 0. The maximum absolute atomic E-state index is 12.3. The van der Waals surface area contributed by atoms with Gasteiger partial charge in [0.05, 0.1) is 12.1 Å². The van der Waals surface area contributed by atoms with E-state index in [0.717, 1.165) is 46.7 Å². The Kier molecular flexibility index (Phi) is 6.58. The molecule has 0 radical (unpaired) electrons. The smallest absolute Gasteiger partial charge is 0.228 e. The molecular formula is C17H21BrN2OS. The summed E-state index contributed by atoms with van der Waals surface area (Å²) in [6, 6.07) is 8.07. The van der Waals surface area contributed by atoms with E-state index in [9.17, 15) is 4.79 Å². The van der Waals surface area contributed by atoms with E-state index in [0.29, 0.717) is 6.42 Å². The summed E-state index contributed by atoms with van der Waals surface area (Å²) < 4.78 is 1.04. The first-order valence-electron chi connectivity index (χ1n) is 7.62. The van der Waals surface area contributed by atoms with Crippen molar-refractivity contribution in [2.75, 3.05) is 13.1 Å². The summed E-state index contributed by atoms with van der Waals surface area (Å²) in [7, 11) is 0. The van der Waals surface area contributed by atoms with Crippen LogP contribution >= 0.6 is 27.3 Å². The van der Waals surface area contributed by atoms with Crippen LogP contribution in [0.25, 0.3) is 10.6 Å². The number of benzene rings is 1. The van der Waals surface area contributed by atoms with Crippen LogP contribution in [0.5, 0.6) is 0 Å². The van der Waals surface area contributed by atoms with E-state index in [1.54, 1.807) is 11.3 Å². The van der Waals surface area contributed by atoms with E-state index in [1.165, 1.54) is 0 Å². The van der Waals surface area contributed by atoms with E-state index in [2.05, 4.69) is 27.8 Å². The molecule has 0 saturated heterocycles. The lowest BCUT2D eigenvalue weighted by atomic mass is 10.2. The largest absolute Gasteiger partial charge is 0.343 e. The molecule has 0 unspecified atom stereocenters. The molecule has 0 N–H and O–H groups in total. The highest BCUT2D eigenvalue weighted by Gasteiger charge is 2.14. The van der Waals surface area contributed by atoms with E-state index >= 15 is 0 Å². The minimum Gasteiger partial charge on any atom is -0.343 e. The molecule has 0 atom stereocenters. The van der Waals surface area contributed by atoms with Crippen LogP contribution < -0.4 is 0 Å². The number of aromatic nitrogens is 1. The van der Waals surface area contributed by atoms with Gasteiger partial charge >= 0.3 is 0 Å². The first-order chi connectivity index (χ1) is 10.6. The maximum Gasteiger partial charge on any atom is 0.228 e. The summed E-state index contributed by atoms with van der Waals surface area (Å²) in [5.74, 6) is 0.169. The summed E-state index contributed by atoms with van der Waals surface area (Å²) in [6.45, 7) is 5.78. The third kappa shape index (κ3) is 4.65. The Balaban J connectivity index is 2.04. The number of carbonyl (C=O) groups excluding carboxylic acids is 1. The fourth-order valence-corrected chi connectivity index (χ4v) is 3.43. The van der Waals surface area contributed by atoms with Crippen LogP contribution in [-0.2, 0) is 11.2 Å². The number of unbranched alkanes of at least 4 members (excludes halogenated alkanes) is 1. The van der Waals surface area contributed by atoms with Crippen LogP contribution in [0.1, 0.15) is 32.4 Å². The molecule has 1 aromatic carbocycles. The van der Waals surface area contributed by atoms with Gasteiger partial charge in [0.25, 0.3) is 0 Å². The minimum absolute atomic E-state index is 0.169. The Morgan fingerprint density at radius 3 is 2.86 bits per heavy atom. The molecule has 1 amide bonds. The average Bonchev–Trinajstić information content (AvgIpc) is 2.96. The molecule has 0 fully saturated rings. The van der Waals surface area contributed by atoms with E-state index in [-0.39, 0.29) is 5.91 Å². The number of carbonyl (C=O) groups is 1. The highest BCUT2D eigenvalue weighted by atomic mass is 79.9. The normalized spacial score (nSPS) is 10.7. The fourth-order valence-electron chi connectivity index (χ4n) is 2.22. The van der Waals surface area contributed by atoms with Gasteiger partial charge in [0.15, 0.2) is 0 Å². The van der Waals surface area contributed by atoms with Gasteiger partial charge in [-0.2, -0.15) is 0 Å². The molecule has 118 valence electrons. The molecule has 0 saturated carbocycles. The number of hydrogen-bond acceptors (Lipinski definition) is 3. The summed E-state index contributed by atoms with van der Waals surface area (Å²) in [5.41, 5.74) is 1.94. The van der Waals surface area contributed by atoms with Crippen LogP contribution in [0, 0.1) is 0 Å². The first-order valence-corrected chi connectivity index (χ1v) is 9.29. The van der Waals surface area contributed by atoms with Crippen LogP contribution in [0.4, 0.5) is 0 Å². The number of likely N-dealkylation sites (N-methyl/N-ethyl adjacent to an activating group) is 1. The molecule has 5 heteroatoms. The molecule has 1 aromatic heterocycles. The zero-order valence-electron chi connectivity index (χ0n) is 13.0. The third-order valence-electron chi connectivity index (χ3n) is 3.47. The average molecular weight is 381 g/mol. The molecule has 2 aromatic rings. The van der Waals surface area contributed by atoms with Gasteiger partial charge in [0, 0.05) is 28.5 Å². The molecule has 22 heavy (non-hydrogen) atoms. The van der Waals surface area contributed by atoms with Gasteiger partial charge in [-0.1, -0.05) is 41.4 Å². The number of amides is 1. The van der Waals surface area contributed by atoms with Gasteiger partial charge in [-0.25, -0.2) is 4.98 Å². The van der Waals surface area contributed by atoms with Crippen LogP contribution in [0.2, 0.25) is 0 Å². The van der Waals surface area contributed by atoms with Crippen molar-refractivity contribution in [3.8, 4) is 10.6 Å². The van der Waals surface area contributed by atoms with Crippen LogP contribution in [0.3, 0.4) is 0 Å². The molecule has 1 heterocycles. The van der Waals surface area contributed by atoms with Gasteiger partial charge in [0.1, 0.15) is 5.01 Å². The summed E-state index contributed by atoms with van der Waals surface area (Å²) >= 11 is 5.06.